The van der Waals surface area contributed by atoms with Gasteiger partial charge in [0.1, 0.15) is 11.6 Å². The van der Waals surface area contributed by atoms with Gasteiger partial charge in [0.2, 0.25) is 0 Å². The largest absolute Gasteiger partial charge is 0.277 e. The molecular weight excluding hydrogens is 184 g/mol. The first-order chi connectivity index (χ1) is 5.70. The van der Waals surface area contributed by atoms with Gasteiger partial charge in [0.15, 0.2) is 0 Å². The van der Waals surface area contributed by atoms with Crippen LogP contribution >= 0.6 is 11.5 Å². The lowest BCUT2D eigenvalue weighted by Crippen LogP contribution is -1.98. The van der Waals surface area contributed by atoms with Crippen molar-refractivity contribution in [3.05, 3.63) is 34.1 Å². The first-order valence-electron chi connectivity index (χ1n) is 3.15. The molecule has 1 aromatic carbocycles. The molecule has 0 aliphatic carbocycles. The molecule has 0 bridgehead atoms. The van der Waals surface area contributed by atoms with Gasteiger partial charge in [0, 0.05) is 0 Å². The second kappa shape index (κ2) is 2.38. The molecule has 5 heteroatoms. The highest BCUT2D eigenvalue weighted by molar-refractivity contribution is 7.13. The average Bonchev–Trinajstić information content (AvgIpc) is 2.42. The van der Waals surface area contributed by atoms with Crippen molar-refractivity contribution in [2.75, 3.05) is 0 Å². The maximum atomic E-state index is 12.9. The molecule has 0 saturated carbocycles. The fourth-order valence-corrected chi connectivity index (χ4v) is 1.75. The smallest absolute Gasteiger partial charge is 0.269 e. The van der Waals surface area contributed by atoms with E-state index < -0.39 is 17.2 Å². The number of halogens is 2. The first kappa shape index (κ1) is 7.42. The first-order valence-corrected chi connectivity index (χ1v) is 3.97. The minimum absolute atomic E-state index is 0.0417. The van der Waals surface area contributed by atoms with Crippen LogP contribution in [0.2, 0.25) is 0 Å². The summed E-state index contributed by atoms with van der Waals surface area (Å²) >= 11 is 0.802. The minimum Gasteiger partial charge on any atom is -0.277 e. The summed E-state index contributed by atoms with van der Waals surface area (Å²) in [7, 11) is 0. The van der Waals surface area contributed by atoms with Gasteiger partial charge in [-0.2, -0.15) is 0 Å². The van der Waals surface area contributed by atoms with Crippen LogP contribution in [0.25, 0.3) is 10.1 Å². The second-order valence-electron chi connectivity index (χ2n) is 2.27. The van der Waals surface area contributed by atoms with Crippen LogP contribution < -0.4 is 5.56 Å². The summed E-state index contributed by atoms with van der Waals surface area (Å²) in [6, 6.07) is 1.95. The van der Waals surface area contributed by atoms with E-state index in [2.05, 4.69) is 4.37 Å². The van der Waals surface area contributed by atoms with Gasteiger partial charge < -0.3 is 0 Å². The molecule has 2 nitrogen and oxygen atoms in total. The molecule has 0 unspecified atom stereocenters. The van der Waals surface area contributed by atoms with Gasteiger partial charge in [0.05, 0.1) is 10.1 Å². The summed E-state index contributed by atoms with van der Waals surface area (Å²) in [5.74, 6) is -1.26. The van der Waals surface area contributed by atoms with Gasteiger partial charge in [-0.15, -0.1) is 0 Å². The number of hydrogen-bond donors (Lipinski definition) is 1. The third-order valence-corrected chi connectivity index (χ3v) is 2.42. The van der Waals surface area contributed by atoms with Crippen molar-refractivity contribution in [1.82, 2.24) is 4.37 Å². The minimum atomic E-state index is -0.686. The average molecular weight is 187 g/mol. The number of benzene rings is 1. The Morgan fingerprint density at radius 3 is 2.58 bits per heavy atom. The number of hydrogen-bond acceptors (Lipinski definition) is 2. The third kappa shape index (κ3) is 0.863. The molecule has 0 aliphatic heterocycles. The van der Waals surface area contributed by atoms with Gasteiger partial charge in [-0.1, -0.05) is 11.5 Å². The van der Waals surface area contributed by atoms with E-state index in [9.17, 15) is 13.6 Å². The maximum Gasteiger partial charge on any atom is 0.269 e. The summed E-state index contributed by atoms with van der Waals surface area (Å²) in [6.07, 6.45) is 0. The molecule has 0 spiro atoms. The maximum absolute atomic E-state index is 12.9. The van der Waals surface area contributed by atoms with Crippen molar-refractivity contribution in [1.29, 1.82) is 0 Å². The Morgan fingerprint density at radius 1 is 1.25 bits per heavy atom. The SMILES string of the molecule is O=c1[nH]sc2c(F)ccc(F)c12. The number of fused-ring (bicyclic) bond motifs is 1. The Labute approximate surface area is 69.6 Å². The molecule has 0 radical (unpaired) electrons. The monoisotopic (exact) mass is 187 g/mol. The number of aromatic nitrogens is 1. The molecular formula is C7H3F2NOS. The molecule has 62 valence electrons. The molecule has 0 aliphatic rings. The zero-order valence-electron chi connectivity index (χ0n) is 5.73. The van der Waals surface area contributed by atoms with Crippen LogP contribution in [0.3, 0.4) is 0 Å². The number of aromatic amines is 1. The van der Waals surface area contributed by atoms with Crippen LogP contribution in [0.1, 0.15) is 0 Å². The van der Waals surface area contributed by atoms with E-state index in [-0.39, 0.29) is 10.1 Å². The summed E-state index contributed by atoms with van der Waals surface area (Å²) in [6.45, 7) is 0. The summed E-state index contributed by atoms with van der Waals surface area (Å²) < 4.78 is 28.1. The van der Waals surface area contributed by atoms with Gasteiger partial charge in [-0.05, 0) is 12.1 Å². The zero-order chi connectivity index (χ0) is 8.72. The molecule has 12 heavy (non-hydrogen) atoms. The topological polar surface area (TPSA) is 32.9 Å². The zero-order valence-corrected chi connectivity index (χ0v) is 6.54. The van der Waals surface area contributed by atoms with Crippen LogP contribution in [0.15, 0.2) is 16.9 Å². The summed E-state index contributed by atoms with van der Waals surface area (Å²) in [5, 5.41) is -0.194. The molecule has 0 amide bonds. The lowest BCUT2D eigenvalue weighted by molar-refractivity contribution is 0.619. The van der Waals surface area contributed by atoms with Crippen molar-refractivity contribution < 1.29 is 8.78 Å². The number of rotatable bonds is 0. The molecule has 2 aromatic rings. The predicted octanol–water partition coefficient (Wildman–Crippen LogP) is 1.87. The predicted molar refractivity (Wildman–Crippen MR) is 42.4 cm³/mol. The Balaban J connectivity index is 3.09. The van der Waals surface area contributed by atoms with E-state index in [0.717, 1.165) is 23.7 Å². The highest BCUT2D eigenvalue weighted by Gasteiger charge is 2.10. The Kier molecular flexibility index (Phi) is 1.47. The summed E-state index contributed by atoms with van der Waals surface area (Å²) in [4.78, 5) is 10.9. The van der Waals surface area contributed by atoms with Crippen LogP contribution in [0, 0.1) is 11.6 Å². The van der Waals surface area contributed by atoms with Crippen LogP contribution in [-0.2, 0) is 0 Å². The fourth-order valence-electron chi connectivity index (χ4n) is 0.993. The number of H-pyrrole nitrogens is 1. The van der Waals surface area contributed by atoms with E-state index >= 15 is 0 Å². The normalized spacial score (nSPS) is 10.8. The van der Waals surface area contributed by atoms with Crippen molar-refractivity contribution in [2.45, 2.75) is 0 Å². The highest BCUT2D eigenvalue weighted by Crippen LogP contribution is 2.20. The van der Waals surface area contributed by atoms with Crippen LogP contribution in [0.5, 0.6) is 0 Å². The highest BCUT2D eigenvalue weighted by atomic mass is 32.1. The molecule has 1 aromatic heterocycles. The third-order valence-electron chi connectivity index (χ3n) is 1.53. The fraction of sp³-hybridized carbons (Fsp3) is 0. The Bertz CT molecular complexity index is 488. The van der Waals surface area contributed by atoms with Crippen LogP contribution in [0.4, 0.5) is 8.78 Å². The molecule has 1 N–H and O–H groups in total. The van der Waals surface area contributed by atoms with Crippen molar-refractivity contribution >= 4 is 21.6 Å². The Hall–Kier alpha value is -1.23. The van der Waals surface area contributed by atoms with E-state index in [1.165, 1.54) is 0 Å². The standard InChI is InChI=1S/C7H3F2NOS/c8-3-1-2-4(9)6-5(3)7(11)10-12-6/h1-2H,(H,10,11). The van der Waals surface area contributed by atoms with Crippen molar-refractivity contribution in [3.63, 3.8) is 0 Å². The molecule has 1 heterocycles. The molecule has 0 fully saturated rings. The van der Waals surface area contributed by atoms with Gasteiger partial charge in [-0.25, -0.2) is 8.78 Å². The van der Waals surface area contributed by atoms with Crippen molar-refractivity contribution in [3.8, 4) is 0 Å². The van der Waals surface area contributed by atoms with E-state index in [1.807, 2.05) is 0 Å². The Morgan fingerprint density at radius 2 is 1.92 bits per heavy atom. The lowest BCUT2D eigenvalue weighted by Gasteiger charge is -1.90. The van der Waals surface area contributed by atoms with Crippen LogP contribution in [-0.4, -0.2) is 4.37 Å². The number of nitrogens with one attached hydrogen (secondary N) is 1. The lowest BCUT2D eigenvalue weighted by atomic mass is 10.2. The van der Waals surface area contributed by atoms with E-state index in [4.69, 9.17) is 0 Å². The van der Waals surface area contributed by atoms with Gasteiger partial charge in [-0.3, -0.25) is 9.17 Å². The van der Waals surface area contributed by atoms with Gasteiger partial charge in [0.25, 0.3) is 5.56 Å². The van der Waals surface area contributed by atoms with E-state index in [0.29, 0.717) is 0 Å². The quantitative estimate of drug-likeness (QED) is 0.671. The van der Waals surface area contributed by atoms with Crippen molar-refractivity contribution in [2.24, 2.45) is 0 Å². The van der Waals surface area contributed by atoms with Gasteiger partial charge >= 0.3 is 0 Å². The summed E-state index contributed by atoms with van der Waals surface area (Å²) in [5.41, 5.74) is -0.577. The molecule has 0 atom stereocenters. The second-order valence-corrected chi connectivity index (χ2v) is 3.08. The molecule has 2 rings (SSSR count). The van der Waals surface area contributed by atoms with E-state index in [1.54, 1.807) is 0 Å². The molecule has 0 saturated heterocycles.